The number of likely N-dealkylation sites (N-methyl/N-ethyl adjacent to an activating group) is 1. The third-order valence-electron chi connectivity index (χ3n) is 1.70. The first-order valence-corrected chi connectivity index (χ1v) is 4.23. The van der Waals surface area contributed by atoms with E-state index in [-0.39, 0.29) is 0 Å². The van der Waals surface area contributed by atoms with Gasteiger partial charge in [-0.2, -0.15) is 0 Å². The maximum absolute atomic E-state index is 12.7. The quantitative estimate of drug-likeness (QED) is 0.729. The molecule has 0 aliphatic rings. The van der Waals surface area contributed by atoms with Crippen molar-refractivity contribution in [1.82, 2.24) is 10.3 Å². The molecule has 1 rings (SSSR count). The van der Waals surface area contributed by atoms with Crippen molar-refractivity contribution in [3.05, 3.63) is 29.8 Å². The Labute approximate surface area is 76.6 Å². The van der Waals surface area contributed by atoms with Crippen molar-refractivity contribution in [3.63, 3.8) is 0 Å². The van der Waals surface area contributed by atoms with Gasteiger partial charge in [-0.15, -0.1) is 0 Å². The molecule has 3 nitrogen and oxygen atoms in total. The van der Waals surface area contributed by atoms with Gasteiger partial charge in [0.2, 0.25) is 0 Å². The van der Waals surface area contributed by atoms with Crippen molar-refractivity contribution in [3.8, 4) is 0 Å². The van der Waals surface area contributed by atoms with Crippen LogP contribution in [0.2, 0.25) is 0 Å². The third kappa shape index (κ3) is 3.08. The molecule has 0 saturated heterocycles. The van der Waals surface area contributed by atoms with Crippen LogP contribution in [0.25, 0.3) is 0 Å². The Hall–Kier alpha value is -1.00. The van der Waals surface area contributed by atoms with Gasteiger partial charge in [0.25, 0.3) is 0 Å². The molecule has 0 radical (unpaired) electrons. The van der Waals surface area contributed by atoms with E-state index in [1.165, 1.54) is 12.3 Å². The fourth-order valence-corrected chi connectivity index (χ4v) is 1.01. The number of halogens is 1. The second-order valence-corrected chi connectivity index (χ2v) is 2.76. The third-order valence-corrected chi connectivity index (χ3v) is 1.70. The number of hydrogen-bond donors (Lipinski definition) is 2. The van der Waals surface area contributed by atoms with Gasteiger partial charge in [0.1, 0.15) is 5.82 Å². The van der Waals surface area contributed by atoms with Crippen LogP contribution in [0, 0.1) is 5.82 Å². The predicted octanol–water partition coefficient (Wildman–Crippen LogP) is 0.864. The van der Waals surface area contributed by atoms with Gasteiger partial charge in [-0.1, -0.05) is 6.92 Å². The molecule has 0 amide bonds. The molecule has 0 fully saturated rings. The van der Waals surface area contributed by atoms with Gasteiger partial charge in [-0.25, -0.2) is 4.39 Å². The molecule has 0 aromatic carbocycles. The van der Waals surface area contributed by atoms with E-state index in [0.29, 0.717) is 12.1 Å². The SMILES string of the molecule is CCNCC(O)c1cncc(F)c1. The molecule has 0 aliphatic heterocycles. The zero-order valence-electron chi connectivity index (χ0n) is 7.50. The molecule has 1 unspecified atom stereocenters. The van der Waals surface area contributed by atoms with E-state index >= 15 is 0 Å². The topological polar surface area (TPSA) is 45.1 Å². The Morgan fingerprint density at radius 3 is 3.00 bits per heavy atom. The minimum Gasteiger partial charge on any atom is -0.387 e. The smallest absolute Gasteiger partial charge is 0.141 e. The summed E-state index contributed by atoms with van der Waals surface area (Å²) in [5, 5.41) is 12.5. The molecule has 0 saturated carbocycles. The average Bonchev–Trinajstić information content (AvgIpc) is 2.14. The minimum absolute atomic E-state index is 0.418. The van der Waals surface area contributed by atoms with Crippen LogP contribution in [0.5, 0.6) is 0 Å². The summed E-state index contributed by atoms with van der Waals surface area (Å²) in [5.74, 6) is -0.423. The van der Waals surface area contributed by atoms with Crippen molar-refractivity contribution >= 4 is 0 Å². The van der Waals surface area contributed by atoms with Gasteiger partial charge >= 0.3 is 0 Å². The van der Waals surface area contributed by atoms with Crippen LogP contribution in [0.3, 0.4) is 0 Å². The first-order chi connectivity index (χ1) is 6.24. The van der Waals surface area contributed by atoms with E-state index in [2.05, 4.69) is 10.3 Å². The van der Waals surface area contributed by atoms with Crippen LogP contribution in [0.1, 0.15) is 18.6 Å². The number of rotatable bonds is 4. The summed E-state index contributed by atoms with van der Waals surface area (Å²) in [4.78, 5) is 3.65. The van der Waals surface area contributed by atoms with Crippen LogP contribution in [0.4, 0.5) is 4.39 Å². The molecule has 72 valence electrons. The summed E-state index contributed by atoms with van der Waals surface area (Å²) in [5.41, 5.74) is 0.501. The molecule has 1 atom stereocenters. The lowest BCUT2D eigenvalue weighted by Crippen LogP contribution is -2.21. The Balaban J connectivity index is 2.60. The molecule has 13 heavy (non-hydrogen) atoms. The average molecular weight is 184 g/mol. The fourth-order valence-electron chi connectivity index (χ4n) is 1.01. The number of pyridine rings is 1. The highest BCUT2D eigenvalue weighted by Gasteiger charge is 2.07. The number of hydrogen-bond acceptors (Lipinski definition) is 3. The van der Waals surface area contributed by atoms with E-state index in [0.717, 1.165) is 12.7 Å². The van der Waals surface area contributed by atoms with Crippen LogP contribution >= 0.6 is 0 Å². The summed E-state index contributed by atoms with van der Waals surface area (Å²) in [6.07, 6.45) is 1.89. The summed E-state index contributed by atoms with van der Waals surface area (Å²) >= 11 is 0. The van der Waals surface area contributed by atoms with Gasteiger partial charge in [-0.05, 0) is 12.6 Å². The lowest BCUT2D eigenvalue weighted by atomic mass is 10.1. The lowest BCUT2D eigenvalue weighted by molar-refractivity contribution is 0.174. The molecular formula is C9H13FN2O. The molecule has 2 N–H and O–H groups in total. The highest BCUT2D eigenvalue weighted by Crippen LogP contribution is 2.10. The molecule has 0 aliphatic carbocycles. The number of aliphatic hydroxyl groups is 1. The number of nitrogens with one attached hydrogen (secondary N) is 1. The maximum Gasteiger partial charge on any atom is 0.141 e. The predicted molar refractivity (Wildman–Crippen MR) is 47.7 cm³/mol. The first kappa shape index (κ1) is 10.1. The van der Waals surface area contributed by atoms with Crippen LogP contribution in [0.15, 0.2) is 18.5 Å². The largest absolute Gasteiger partial charge is 0.387 e. The van der Waals surface area contributed by atoms with E-state index < -0.39 is 11.9 Å². The summed E-state index contributed by atoms with van der Waals surface area (Å²) in [6, 6.07) is 1.29. The monoisotopic (exact) mass is 184 g/mol. The molecule has 0 spiro atoms. The van der Waals surface area contributed by atoms with Crippen LogP contribution < -0.4 is 5.32 Å². The van der Waals surface area contributed by atoms with Crippen LogP contribution in [-0.2, 0) is 0 Å². The number of aliphatic hydroxyl groups excluding tert-OH is 1. The van der Waals surface area contributed by atoms with Gasteiger partial charge in [-0.3, -0.25) is 4.98 Å². The molecule has 0 bridgehead atoms. The normalized spacial score (nSPS) is 12.8. The van der Waals surface area contributed by atoms with Crippen molar-refractivity contribution in [2.24, 2.45) is 0 Å². The van der Waals surface area contributed by atoms with Gasteiger partial charge in [0, 0.05) is 18.3 Å². The van der Waals surface area contributed by atoms with E-state index in [4.69, 9.17) is 0 Å². The van der Waals surface area contributed by atoms with E-state index in [1.54, 1.807) is 0 Å². The van der Waals surface area contributed by atoms with E-state index in [1.807, 2.05) is 6.92 Å². The Morgan fingerprint density at radius 2 is 2.38 bits per heavy atom. The Morgan fingerprint density at radius 1 is 1.62 bits per heavy atom. The van der Waals surface area contributed by atoms with E-state index in [9.17, 15) is 9.50 Å². The number of aromatic nitrogens is 1. The van der Waals surface area contributed by atoms with Gasteiger partial charge in [0.15, 0.2) is 0 Å². The zero-order chi connectivity index (χ0) is 9.68. The Kier molecular flexibility index (Phi) is 3.79. The standard InChI is InChI=1S/C9H13FN2O/c1-2-11-6-9(13)7-3-8(10)5-12-4-7/h3-5,9,11,13H,2,6H2,1H3. The molecule has 1 heterocycles. The highest BCUT2D eigenvalue weighted by atomic mass is 19.1. The lowest BCUT2D eigenvalue weighted by Gasteiger charge is -2.10. The summed E-state index contributed by atoms with van der Waals surface area (Å²) in [6.45, 7) is 3.14. The fraction of sp³-hybridized carbons (Fsp3) is 0.444. The maximum atomic E-state index is 12.7. The number of nitrogens with zero attached hydrogens (tertiary/aromatic N) is 1. The summed E-state index contributed by atoms with van der Waals surface area (Å²) < 4.78 is 12.7. The summed E-state index contributed by atoms with van der Waals surface area (Å²) in [7, 11) is 0. The van der Waals surface area contributed by atoms with Crippen LogP contribution in [-0.4, -0.2) is 23.2 Å². The van der Waals surface area contributed by atoms with Crippen molar-refractivity contribution in [2.75, 3.05) is 13.1 Å². The van der Waals surface area contributed by atoms with Crippen molar-refractivity contribution in [1.29, 1.82) is 0 Å². The van der Waals surface area contributed by atoms with Gasteiger partial charge in [0.05, 0.1) is 12.3 Å². The van der Waals surface area contributed by atoms with Crippen molar-refractivity contribution in [2.45, 2.75) is 13.0 Å². The molecule has 4 heteroatoms. The molecular weight excluding hydrogens is 171 g/mol. The molecule has 1 aromatic rings. The highest BCUT2D eigenvalue weighted by molar-refractivity contribution is 5.13. The zero-order valence-corrected chi connectivity index (χ0v) is 7.50. The second kappa shape index (κ2) is 4.89. The molecule has 1 aromatic heterocycles. The minimum atomic E-state index is -0.692. The Bertz CT molecular complexity index is 268. The first-order valence-electron chi connectivity index (χ1n) is 4.23. The van der Waals surface area contributed by atoms with Gasteiger partial charge < -0.3 is 10.4 Å². The second-order valence-electron chi connectivity index (χ2n) is 2.76. The van der Waals surface area contributed by atoms with Crippen molar-refractivity contribution < 1.29 is 9.50 Å².